The largest absolute Gasteiger partial charge is 0.468 e. The highest BCUT2D eigenvalue weighted by molar-refractivity contribution is 6.18. The molecule has 1 aromatic rings. The van der Waals surface area contributed by atoms with Crippen molar-refractivity contribution >= 4 is 23.4 Å². The number of hydrogen-bond donors (Lipinski definition) is 0. The number of alkyl halides is 1. The molecule has 5 heteroatoms. The van der Waals surface area contributed by atoms with E-state index in [4.69, 9.17) is 21.1 Å². The molecule has 1 aromatic carbocycles. The highest BCUT2D eigenvalue weighted by atomic mass is 35.5. The summed E-state index contributed by atoms with van der Waals surface area (Å²) in [6.07, 6.45) is 0.736. The normalized spacial score (nSPS) is 26.5. The van der Waals surface area contributed by atoms with Gasteiger partial charge < -0.3 is 9.47 Å². The summed E-state index contributed by atoms with van der Waals surface area (Å²) in [6.45, 7) is 0. The van der Waals surface area contributed by atoms with Gasteiger partial charge in [-0.15, -0.1) is 11.6 Å². The number of halogens is 1. The van der Waals surface area contributed by atoms with Crippen LogP contribution in [-0.4, -0.2) is 38.0 Å². The number of ether oxygens (including phenoxy) is 2. The van der Waals surface area contributed by atoms with Crippen molar-refractivity contribution in [1.82, 2.24) is 0 Å². The van der Waals surface area contributed by atoms with Gasteiger partial charge in [-0.25, -0.2) is 0 Å². The van der Waals surface area contributed by atoms with Crippen LogP contribution in [0.4, 0.5) is 0 Å². The maximum absolute atomic E-state index is 12.6. The Morgan fingerprint density at radius 2 is 1.95 bits per heavy atom. The van der Waals surface area contributed by atoms with E-state index in [0.29, 0.717) is 12.8 Å². The Morgan fingerprint density at radius 1 is 1.27 bits per heavy atom. The Balaban J connectivity index is 2.30. The fourth-order valence-electron chi connectivity index (χ4n) is 3.20. The molecule has 22 heavy (non-hydrogen) atoms. The predicted molar refractivity (Wildman–Crippen MR) is 83.9 cm³/mol. The van der Waals surface area contributed by atoms with E-state index >= 15 is 0 Å². The predicted octanol–water partition coefficient (Wildman–Crippen LogP) is 2.79. The number of rotatable bonds is 5. The monoisotopic (exact) mass is 324 g/mol. The quantitative estimate of drug-likeness (QED) is 0.475. The summed E-state index contributed by atoms with van der Waals surface area (Å²) >= 11 is 5.93. The highest BCUT2D eigenvalue weighted by Gasteiger charge is 2.44. The van der Waals surface area contributed by atoms with Crippen molar-refractivity contribution in [3.8, 4) is 0 Å². The fourth-order valence-corrected chi connectivity index (χ4v) is 3.54. The fraction of sp³-hybridized carbons (Fsp3) is 0.529. The first-order valence-corrected chi connectivity index (χ1v) is 7.91. The lowest BCUT2D eigenvalue weighted by atomic mass is 9.70. The summed E-state index contributed by atoms with van der Waals surface area (Å²) in [7, 11) is 2.85. The number of methoxy groups -OCH3 is 2. The van der Waals surface area contributed by atoms with Crippen molar-refractivity contribution in [3.63, 3.8) is 0 Å². The molecule has 0 radical (unpaired) electrons. The van der Waals surface area contributed by atoms with Crippen LogP contribution in [0.2, 0.25) is 0 Å². The summed E-state index contributed by atoms with van der Waals surface area (Å²) in [5, 5.41) is 0. The maximum atomic E-state index is 12.6. The topological polar surface area (TPSA) is 52.6 Å². The molecule has 2 unspecified atom stereocenters. The van der Waals surface area contributed by atoms with Crippen molar-refractivity contribution < 1.29 is 19.1 Å². The van der Waals surface area contributed by atoms with Gasteiger partial charge in [0.2, 0.25) is 0 Å². The first-order valence-electron chi connectivity index (χ1n) is 7.37. The molecule has 1 fully saturated rings. The molecule has 0 aliphatic heterocycles. The molecular formula is C17H21ClO4. The van der Waals surface area contributed by atoms with Crippen LogP contribution in [-0.2, 0) is 19.1 Å². The third kappa shape index (κ3) is 3.50. The molecule has 4 nitrogen and oxygen atoms in total. The molecular weight excluding hydrogens is 304 g/mol. The van der Waals surface area contributed by atoms with Crippen molar-refractivity contribution in [3.05, 3.63) is 35.9 Å². The second-order valence-corrected chi connectivity index (χ2v) is 5.90. The van der Waals surface area contributed by atoms with E-state index in [0.717, 1.165) is 5.56 Å². The Morgan fingerprint density at radius 3 is 2.50 bits per heavy atom. The van der Waals surface area contributed by atoms with Crippen LogP contribution >= 0.6 is 11.6 Å². The van der Waals surface area contributed by atoms with E-state index < -0.39 is 11.9 Å². The molecule has 0 aromatic heterocycles. The van der Waals surface area contributed by atoms with Gasteiger partial charge in [-0.2, -0.15) is 0 Å². The van der Waals surface area contributed by atoms with E-state index in [2.05, 4.69) is 0 Å². The first kappa shape index (κ1) is 17.0. The van der Waals surface area contributed by atoms with Crippen LogP contribution in [0.25, 0.3) is 0 Å². The van der Waals surface area contributed by atoms with Crippen LogP contribution in [0.5, 0.6) is 0 Å². The Kier molecular flexibility index (Phi) is 5.98. The summed E-state index contributed by atoms with van der Waals surface area (Å²) in [4.78, 5) is 24.6. The SMILES string of the molecule is COC(=O)C1CC(c2ccccc2)C[C@H]([C@@H](CCl)OC)C1=O. The second-order valence-electron chi connectivity index (χ2n) is 5.59. The minimum Gasteiger partial charge on any atom is -0.468 e. The first-order chi connectivity index (χ1) is 10.6. The minimum absolute atomic E-state index is 0.119. The molecule has 1 saturated carbocycles. The maximum Gasteiger partial charge on any atom is 0.316 e. The van der Waals surface area contributed by atoms with E-state index in [1.54, 1.807) is 7.11 Å². The van der Waals surface area contributed by atoms with Gasteiger partial charge in [0.25, 0.3) is 0 Å². The smallest absolute Gasteiger partial charge is 0.316 e. The molecule has 1 aliphatic carbocycles. The van der Waals surface area contributed by atoms with Gasteiger partial charge >= 0.3 is 5.97 Å². The zero-order valence-electron chi connectivity index (χ0n) is 12.8. The number of carbonyl (C=O) groups is 2. The van der Waals surface area contributed by atoms with E-state index in [1.807, 2.05) is 30.3 Å². The van der Waals surface area contributed by atoms with E-state index in [-0.39, 0.29) is 29.6 Å². The third-order valence-electron chi connectivity index (χ3n) is 4.43. The Labute approximate surface area is 135 Å². The summed E-state index contributed by atoms with van der Waals surface area (Å²) in [5.74, 6) is -1.37. The molecule has 2 rings (SSSR count). The summed E-state index contributed by atoms with van der Waals surface area (Å²) in [6, 6.07) is 9.92. The van der Waals surface area contributed by atoms with Crippen molar-refractivity contribution in [1.29, 1.82) is 0 Å². The number of carbonyl (C=O) groups excluding carboxylic acids is 2. The number of benzene rings is 1. The van der Waals surface area contributed by atoms with Crippen molar-refractivity contribution in [2.75, 3.05) is 20.1 Å². The Hall–Kier alpha value is -1.39. The van der Waals surface area contributed by atoms with Crippen LogP contribution in [0.3, 0.4) is 0 Å². The molecule has 0 saturated heterocycles. The molecule has 120 valence electrons. The lowest BCUT2D eigenvalue weighted by Crippen LogP contribution is -2.43. The molecule has 0 N–H and O–H groups in total. The molecule has 0 spiro atoms. The van der Waals surface area contributed by atoms with Gasteiger partial charge in [-0.1, -0.05) is 30.3 Å². The molecule has 1 aliphatic rings. The van der Waals surface area contributed by atoms with Gasteiger partial charge in [0.15, 0.2) is 5.78 Å². The van der Waals surface area contributed by atoms with Gasteiger partial charge in [-0.05, 0) is 24.3 Å². The standard InChI is InChI=1S/C17H21ClO4/c1-21-15(10-18)13-8-12(11-6-4-3-5-7-11)9-14(16(13)19)17(20)22-2/h3-7,12-15H,8-10H2,1-2H3/t12?,13-,14?,15-/m1/s1. The highest BCUT2D eigenvalue weighted by Crippen LogP contribution is 2.40. The lowest BCUT2D eigenvalue weighted by Gasteiger charge is -2.35. The van der Waals surface area contributed by atoms with E-state index in [1.165, 1.54) is 7.11 Å². The van der Waals surface area contributed by atoms with Crippen LogP contribution in [0, 0.1) is 11.8 Å². The summed E-state index contributed by atoms with van der Waals surface area (Å²) in [5.41, 5.74) is 1.12. The van der Waals surface area contributed by atoms with Crippen molar-refractivity contribution in [2.24, 2.45) is 11.8 Å². The lowest BCUT2D eigenvalue weighted by molar-refractivity contribution is -0.154. The van der Waals surface area contributed by atoms with Gasteiger partial charge in [0, 0.05) is 18.9 Å². The summed E-state index contributed by atoms with van der Waals surface area (Å²) < 4.78 is 10.2. The zero-order chi connectivity index (χ0) is 16.1. The van der Waals surface area contributed by atoms with Crippen LogP contribution < -0.4 is 0 Å². The average Bonchev–Trinajstić information content (AvgIpc) is 2.57. The van der Waals surface area contributed by atoms with Gasteiger partial charge in [0.05, 0.1) is 13.2 Å². The molecule has 0 amide bonds. The van der Waals surface area contributed by atoms with Gasteiger partial charge in [-0.3, -0.25) is 9.59 Å². The minimum atomic E-state index is -0.741. The number of ketones is 1. The Bertz CT molecular complexity index is 513. The van der Waals surface area contributed by atoms with Crippen LogP contribution in [0.15, 0.2) is 30.3 Å². The third-order valence-corrected chi connectivity index (χ3v) is 4.73. The molecule has 4 atom stereocenters. The van der Waals surface area contributed by atoms with E-state index in [9.17, 15) is 9.59 Å². The van der Waals surface area contributed by atoms with Crippen molar-refractivity contribution in [2.45, 2.75) is 24.9 Å². The average molecular weight is 325 g/mol. The zero-order valence-corrected chi connectivity index (χ0v) is 13.6. The number of esters is 1. The number of hydrogen-bond acceptors (Lipinski definition) is 4. The van der Waals surface area contributed by atoms with Gasteiger partial charge in [0.1, 0.15) is 5.92 Å². The second kappa shape index (κ2) is 7.75. The molecule has 0 heterocycles. The molecule has 0 bridgehead atoms. The number of Topliss-reactive ketones (excluding diaryl/α,β-unsaturated/α-hetero) is 1. The van der Waals surface area contributed by atoms with Crippen LogP contribution in [0.1, 0.15) is 24.3 Å².